The predicted octanol–water partition coefficient (Wildman–Crippen LogP) is 4.45. The number of rotatable bonds is 1. The molecule has 0 amide bonds. The molecule has 7 heteroatoms. The molecule has 30 heavy (non-hydrogen) atoms. The van der Waals surface area contributed by atoms with Crippen LogP contribution in [-0.4, -0.2) is 27.3 Å². The summed E-state index contributed by atoms with van der Waals surface area (Å²) >= 11 is 0. The van der Waals surface area contributed by atoms with Gasteiger partial charge in [-0.05, 0) is 91.8 Å². The molecule has 170 valence electrons. The van der Waals surface area contributed by atoms with Crippen molar-refractivity contribution in [3.05, 3.63) is 12.2 Å². The van der Waals surface area contributed by atoms with E-state index in [-0.39, 0.29) is 5.97 Å². The van der Waals surface area contributed by atoms with Crippen LogP contribution in [0.4, 0.5) is 0 Å². The van der Waals surface area contributed by atoms with Crippen LogP contribution in [0.25, 0.3) is 0 Å². The lowest BCUT2D eigenvalue weighted by Crippen LogP contribution is -2.52. The summed E-state index contributed by atoms with van der Waals surface area (Å²) in [5, 5.41) is 0. The van der Waals surface area contributed by atoms with Gasteiger partial charge in [0.05, 0.1) is 13.0 Å². The predicted molar refractivity (Wildman–Crippen MR) is 113 cm³/mol. The first-order valence-corrected chi connectivity index (χ1v) is 13.2. The van der Waals surface area contributed by atoms with Gasteiger partial charge in [-0.2, -0.15) is 0 Å². The van der Waals surface area contributed by atoms with Crippen LogP contribution >= 0.6 is 7.82 Å². The smallest absolute Gasteiger partial charge is 0.465 e. The fraction of sp³-hybridized carbons (Fsp3) is 0.870. The topological polar surface area (TPSA) is 104 Å². The van der Waals surface area contributed by atoms with Crippen molar-refractivity contribution in [1.82, 2.24) is 0 Å². The fourth-order valence-corrected chi connectivity index (χ4v) is 8.42. The lowest BCUT2D eigenvalue weighted by Gasteiger charge is -2.59. The van der Waals surface area contributed by atoms with Crippen LogP contribution in [0.3, 0.4) is 0 Å². The molecule has 4 fully saturated rings. The number of allylic oxidation sites excluding steroid dienone is 2. The van der Waals surface area contributed by atoms with Crippen LogP contribution in [0.15, 0.2) is 12.2 Å². The van der Waals surface area contributed by atoms with Crippen LogP contribution in [0.1, 0.15) is 71.6 Å². The van der Waals surface area contributed by atoms with Gasteiger partial charge in [-0.25, -0.2) is 4.57 Å². The molecule has 0 aromatic rings. The van der Waals surface area contributed by atoms with Gasteiger partial charge in [-0.15, -0.1) is 0 Å². The molecule has 0 spiro atoms. The number of ether oxygens (including phenoxy) is 1. The van der Waals surface area contributed by atoms with Gasteiger partial charge >= 0.3 is 13.8 Å². The first kappa shape index (κ1) is 22.5. The number of hydrogen-bond acceptors (Lipinski definition) is 3. The maximum atomic E-state index is 11.7. The minimum Gasteiger partial charge on any atom is -0.465 e. The molecular weight excluding hydrogens is 403 g/mol. The Morgan fingerprint density at radius 3 is 2.37 bits per heavy atom. The van der Waals surface area contributed by atoms with Crippen LogP contribution in [-0.2, 0) is 14.1 Å². The molecule has 1 saturated heterocycles. The Morgan fingerprint density at radius 2 is 1.70 bits per heavy atom. The summed E-state index contributed by atoms with van der Waals surface area (Å²) in [7, 11) is -4.64. The minimum absolute atomic E-state index is 0.0473. The average Bonchev–Trinajstić information content (AvgIpc) is 3.22. The molecule has 1 unspecified atom stereocenters. The van der Waals surface area contributed by atoms with Crippen LogP contribution in [0.5, 0.6) is 0 Å². The molecule has 3 N–H and O–H groups in total. The Kier molecular flexibility index (Phi) is 6.02. The molecule has 1 aliphatic heterocycles. The molecule has 0 aromatic heterocycles. The molecule has 6 nitrogen and oxygen atoms in total. The summed E-state index contributed by atoms with van der Waals surface area (Å²) in [5.41, 5.74) is 0.925. The van der Waals surface area contributed by atoms with Gasteiger partial charge in [0.1, 0.15) is 0 Å². The van der Waals surface area contributed by atoms with E-state index in [1.165, 1.54) is 51.4 Å². The summed E-state index contributed by atoms with van der Waals surface area (Å²) in [6.07, 6.45) is 16.9. The van der Waals surface area contributed by atoms with Crippen molar-refractivity contribution >= 4 is 13.8 Å². The van der Waals surface area contributed by atoms with Gasteiger partial charge < -0.3 is 19.4 Å². The number of cyclic esters (lactones) is 1. The molecule has 8 atom stereocenters. The normalized spacial score (nSPS) is 47.4. The van der Waals surface area contributed by atoms with E-state index in [1.807, 2.05) is 0 Å². The SMILES string of the molecule is C[C@]12CC[C@H]3[C@@H](CCC4CCC=C[C@@]43C)[C@H]1CC[C@@H]2[C@@H]1COC(=O)C1.O=P(O)(O)O. The van der Waals surface area contributed by atoms with Gasteiger partial charge in [-0.3, -0.25) is 4.79 Å². The summed E-state index contributed by atoms with van der Waals surface area (Å²) in [6, 6.07) is 0. The highest BCUT2D eigenvalue weighted by Gasteiger charge is 2.60. The summed E-state index contributed by atoms with van der Waals surface area (Å²) in [4.78, 5) is 33.2. The first-order chi connectivity index (χ1) is 14.0. The Balaban J connectivity index is 0.000000393. The molecule has 3 saturated carbocycles. The van der Waals surface area contributed by atoms with Gasteiger partial charge in [0.2, 0.25) is 0 Å². The number of esters is 1. The summed E-state index contributed by atoms with van der Waals surface area (Å²) in [6.45, 7) is 5.87. The zero-order valence-corrected chi connectivity index (χ0v) is 19.1. The van der Waals surface area contributed by atoms with Crippen LogP contribution in [0, 0.1) is 46.3 Å². The highest BCUT2D eigenvalue weighted by molar-refractivity contribution is 7.45. The van der Waals surface area contributed by atoms with E-state index in [0.29, 0.717) is 29.8 Å². The van der Waals surface area contributed by atoms with Gasteiger partial charge in [0.25, 0.3) is 0 Å². The first-order valence-electron chi connectivity index (χ1n) is 11.6. The molecule has 4 aliphatic carbocycles. The standard InChI is InChI=1S/C23H34O2.H3O4P/c1-22-11-4-3-5-16(22)6-7-17-19-9-8-18(15-13-21(24)25-14-15)23(19,2)12-10-20(17)22;1-5(2,3)4/h4,11,15-20H,3,5-10,12-14H2,1-2H3;(H3,1,2,3,4)/t15-,16?,17-,18+,19+,20-,22-,23+;/m0./s1. The van der Waals surface area contributed by atoms with Gasteiger partial charge in [0, 0.05) is 5.92 Å². The van der Waals surface area contributed by atoms with E-state index in [4.69, 9.17) is 24.0 Å². The van der Waals surface area contributed by atoms with Crippen molar-refractivity contribution in [2.75, 3.05) is 6.61 Å². The van der Waals surface area contributed by atoms with Crippen molar-refractivity contribution in [3.63, 3.8) is 0 Å². The quantitative estimate of drug-likeness (QED) is 0.316. The molecule has 0 radical (unpaired) electrons. The lowest BCUT2D eigenvalue weighted by molar-refractivity contribution is -0.137. The second-order valence-corrected chi connectivity index (χ2v) is 11.9. The fourth-order valence-electron chi connectivity index (χ4n) is 8.42. The molecule has 5 rings (SSSR count). The maximum absolute atomic E-state index is 11.7. The largest absolute Gasteiger partial charge is 0.466 e. The highest BCUT2D eigenvalue weighted by Crippen LogP contribution is 2.67. The zero-order valence-electron chi connectivity index (χ0n) is 18.2. The van der Waals surface area contributed by atoms with E-state index >= 15 is 0 Å². The summed E-state index contributed by atoms with van der Waals surface area (Å²) in [5.74, 6) is 4.91. The molecule has 1 heterocycles. The molecular formula is C23H37O6P. The number of phosphoric acid groups is 1. The van der Waals surface area contributed by atoms with E-state index in [1.54, 1.807) is 0 Å². The van der Waals surface area contributed by atoms with Crippen LogP contribution in [0.2, 0.25) is 0 Å². The Morgan fingerprint density at radius 1 is 1.00 bits per heavy atom. The van der Waals surface area contributed by atoms with Crippen molar-refractivity contribution in [3.8, 4) is 0 Å². The second-order valence-electron chi connectivity index (χ2n) is 10.9. The van der Waals surface area contributed by atoms with Crippen molar-refractivity contribution in [2.45, 2.75) is 71.6 Å². The van der Waals surface area contributed by atoms with Gasteiger partial charge in [0.15, 0.2) is 0 Å². The second kappa shape index (κ2) is 8.03. The monoisotopic (exact) mass is 440 g/mol. The minimum atomic E-state index is -4.64. The highest BCUT2D eigenvalue weighted by atomic mass is 31.2. The van der Waals surface area contributed by atoms with Gasteiger partial charge in [-0.1, -0.05) is 26.0 Å². The third-order valence-corrected chi connectivity index (χ3v) is 9.65. The summed E-state index contributed by atoms with van der Waals surface area (Å²) < 4.78 is 14.2. The third kappa shape index (κ3) is 4.05. The van der Waals surface area contributed by atoms with Crippen LogP contribution < -0.4 is 0 Å². The van der Waals surface area contributed by atoms with E-state index in [2.05, 4.69) is 26.0 Å². The number of carbonyl (C=O) groups excluding carboxylic acids is 1. The van der Waals surface area contributed by atoms with Crippen molar-refractivity contribution in [2.24, 2.45) is 46.3 Å². The molecule has 5 aliphatic rings. The lowest BCUT2D eigenvalue weighted by atomic mass is 9.45. The van der Waals surface area contributed by atoms with E-state index in [0.717, 1.165) is 29.6 Å². The molecule has 0 aromatic carbocycles. The number of fused-ring (bicyclic) bond motifs is 5. The van der Waals surface area contributed by atoms with E-state index in [9.17, 15) is 4.79 Å². The maximum Gasteiger partial charge on any atom is 0.466 e. The molecule has 0 bridgehead atoms. The number of hydrogen-bond donors (Lipinski definition) is 3. The average molecular weight is 441 g/mol. The Labute approximate surface area is 179 Å². The number of carbonyl (C=O) groups is 1. The Hall–Kier alpha value is -0.680. The van der Waals surface area contributed by atoms with E-state index < -0.39 is 7.82 Å². The van der Waals surface area contributed by atoms with Crippen molar-refractivity contribution < 1.29 is 28.8 Å². The zero-order chi connectivity index (χ0) is 21.7. The van der Waals surface area contributed by atoms with Crippen molar-refractivity contribution in [1.29, 1.82) is 0 Å². The Bertz CT molecular complexity index is 738. The third-order valence-electron chi connectivity index (χ3n) is 9.65.